The molecule has 1 aromatic heterocycles. The van der Waals surface area contributed by atoms with Crippen molar-refractivity contribution in [1.82, 2.24) is 0 Å². The smallest absolute Gasteiger partial charge is 0.134 e. The molecule has 2 nitrogen and oxygen atoms in total. The van der Waals surface area contributed by atoms with Gasteiger partial charge in [-0.2, -0.15) is 0 Å². The zero-order chi connectivity index (χ0) is 21.1. The summed E-state index contributed by atoms with van der Waals surface area (Å²) in [5, 5.41) is 2.50. The van der Waals surface area contributed by atoms with Crippen molar-refractivity contribution < 1.29 is 9.15 Å². The molecule has 4 aromatic rings. The Hall–Kier alpha value is -2.84. The molecule has 0 bridgehead atoms. The molecule has 0 amide bonds. The van der Waals surface area contributed by atoms with E-state index in [1.165, 1.54) is 16.3 Å². The Balaban J connectivity index is 1.30. The molecule has 0 spiro atoms. The number of rotatable bonds is 5. The summed E-state index contributed by atoms with van der Waals surface area (Å²) in [4.78, 5) is 0. The number of hydrogen-bond acceptors (Lipinski definition) is 2. The first kappa shape index (κ1) is 18.9. The molecule has 156 valence electrons. The Kier molecular flexibility index (Phi) is 4.16. The predicted octanol–water partition coefficient (Wildman–Crippen LogP) is 7.37. The van der Waals surface area contributed by atoms with E-state index in [1.807, 2.05) is 0 Å². The first-order valence-corrected chi connectivity index (χ1v) is 11.3. The average molecular weight is 409 g/mol. The van der Waals surface area contributed by atoms with Crippen molar-refractivity contribution in [2.45, 2.75) is 44.8 Å². The van der Waals surface area contributed by atoms with Gasteiger partial charge in [0.05, 0.1) is 18.1 Å². The molecule has 2 aliphatic carbocycles. The maximum Gasteiger partial charge on any atom is 0.134 e. The van der Waals surface area contributed by atoms with Gasteiger partial charge in [0.15, 0.2) is 0 Å². The highest BCUT2D eigenvalue weighted by atomic mass is 16.5. The quantitative estimate of drug-likeness (QED) is 0.344. The fourth-order valence-corrected chi connectivity index (χ4v) is 5.91. The van der Waals surface area contributed by atoms with Crippen LogP contribution in [-0.4, -0.2) is 6.10 Å². The Morgan fingerprint density at radius 2 is 1.61 bits per heavy atom. The van der Waals surface area contributed by atoms with Crippen molar-refractivity contribution in [2.75, 3.05) is 0 Å². The minimum Gasteiger partial charge on any atom is -0.460 e. The molecule has 0 aliphatic heterocycles. The molecule has 2 fully saturated rings. The van der Waals surface area contributed by atoms with Gasteiger partial charge in [-0.05, 0) is 58.7 Å². The second-order valence-electron chi connectivity index (χ2n) is 10.0. The molecule has 0 saturated heterocycles. The third-order valence-electron chi connectivity index (χ3n) is 7.63. The summed E-state index contributed by atoms with van der Waals surface area (Å²) in [6.45, 7) is 5.44. The van der Waals surface area contributed by atoms with E-state index in [1.54, 1.807) is 0 Å². The molecule has 1 heterocycles. The molecule has 1 unspecified atom stereocenters. The maximum absolute atomic E-state index is 6.55. The largest absolute Gasteiger partial charge is 0.460 e. The van der Waals surface area contributed by atoms with Crippen LogP contribution in [0.3, 0.4) is 0 Å². The molecular weight excluding hydrogens is 380 g/mol. The lowest BCUT2D eigenvalue weighted by molar-refractivity contribution is 0.00813. The van der Waals surface area contributed by atoms with Crippen molar-refractivity contribution in [3.63, 3.8) is 0 Å². The zero-order valence-corrected chi connectivity index (χ0v) is 18.2. The predicted molar refractivity (Wildman–Crippen MR) is 125 cm³/mol. The van der Waals surface area contributed by atoms with E-state index in [9.17, 15) is 0 Å². The highest BCUT2D eigenvalue weighted by molar-refractivity contribution is 5.86. The second-order valence-corrected chi connectivity index (χ2v) is 10.0. The molecule has 2 heteroatoms. The van der Waals surface area contributed by atoms with Gasteiger partial charge < -0.3 is 9.15 Å². The minimum absolute atomic E-state index is 0.0212. The van der Waals surface area contributed by atoms with Crippen LogP contribution in [0, 0.1) is 11.3 Å². The summed E-state index contributed by atoms with van der Waals surface area (Å²) in [6, 6.07) is 29.9. The third-order valence-corrected chi connectivity index (χ3v) is 7.63. The Morgan fingerprint density at radius 3 is 2.42 bits per heavy atom. The average Bonchev–Trinajstić information content (AvgIpc) is 3.30. The van der Waals surface area contributed by atoms with Gasteiger partial charge in [0.2, 0.25) is 0 Å². The van der Waals surface area contributed by atoms with Gasteiger partial charge in [-0.25, -0.2) is 0 Å². The highest BCUT2D eigenvalue weighted by Gasteiger charge is 2.72. The van der Waals surface area contributed by atoms with E-state index in [-0.39, 0.29) is 16.9 Å². The van der Waals surface area contributed by atoms with Gasteiger partial charge in [-0.15, -0.1) is 0 Å². The zero-order valence-electron chi connectivity index (χ0n) is 18.2. The van der Waals surface area contributed by atoms with Gasteiger partial charge in [-0.3, -0.25) is 0 Å². The van der Waals surface area contributed by atoms with Gasteiger partial charge in [0, 0.05) is 5.56 Å². The van der Waals surface area contributed by atoms with E-state index in [0.29, 0.717) is 12.5 Å². The summed E-state index contributed by atoms with van der Waals surface area (Å²) in [7, 11) is 0. The summed E-state index contributed by atoms with van der Waals surface area (Å²) in [5.74, 6) is 2.67. The van der Waals surface area contributed by atoms with Crippen molar-refractivity contribution in [3.8, 4) is 11.3 Å². The van der Waals surface area contributed by atoms with Crippen molar-refractivity contribution >= 4 is 10.8 Å². The van der Waals surface area contributed by atoms with E-state index >= 15 is 0 Å². The topological polar surface area (TPSA) is 22.4 Å². The first-order valence-electron chi connectivity index (χ1n) is 11.3. The first-order chi connectivity index (χ1) is 15.1. The number of furan rings is 1. The lowest BCUT2D eigenvalue weighted by Crippen LogP contribution is -2.26. The summed E-state index contributed by atoms with van der Waals surface area (Å²) >= 11 is 0. The minimum atomic E-state index is 0.0212. The SMILES string of the molecule is CC1(C)C[C@H](OCc2ccccc2)[C@]2(c3ccc(-c4ccc5ccccc5c4)o3)CC12. The van der Waals surface area contributed by atoms with Gasteiger partial charge in [0.1, 0.15) is 11.5 Å². The monoisotopic (exact) mass is 408 g/mol. The lowest BCUT2D eigenvalue weighted by Gasteiger charge is -2.24. The fourth-order valence-electron chi connectivity index (χ4n) is 5.91. The van der Waals surface area contributed by atoms with E-state index < -0.39 is 0 Å². The van der Waals surface area contributed by atoms with E-state index in [0.717, 1.165) is 29.9 Å². The summed E-state index contributed by atoms with van der Waals surface area (Å²) in [6.07, 6.45) is 2.43. The van der Waals surface area contributed by atoms with Crippen LogP contribution in [-0.2, 0) is 16.8 Å². The maximum atomic E-state index is 6.55. The number of benzene rings is 3. The van der Waals surface area contributed by atoms with Crippen LogP contribution in [0.1, 0.15) is 38.0 Å². The van der Waals surface area contributed by atoms with Crippen LogP contribution in [0.25, 0.3) is 22.1 Å². The van der Waals surface area contributed by atoms with Crippen molar-refractivity contribution in [1.29, 1.82) is 0 Å². The van der Waals surface area contributed by atoms with E-state index in [2.05, 4.69) is 98.8 Å². The molecular formula is C29H28O2. The molecule has 6 rings (SSSR count). The fraction of sp³-hybridized carbons (Fsp3) is 0.310. The molecule has 3 aromatic carbocycles. The standard InChI is InChI=1S/C29H28O2/c1-28(2)18-27(30-19-20-8-4-3-5-9-20)29(17-25(28)29)26-15-14-24(31-26)23-13-12-21-10-6-7-11-22(21)16-23/h3-16,25,27H,17-19H2,1-2H3/t25?,27-,29+/m0/s1. The van der Waals surface area contributed by atoms with E-state index in [4.69, 9.17) is 9.15 Å². The molecule has 2 saturated carbocycles. The molecule has 3 atom stereocenters. The highest BCUT2D eigenvalue weighted by Crippen LogP contribution is 2.72. The van der Waals surface area contributed by atoms with Gasteiger partial charge in [0.25, 0.3) is 0 Å². The molecule has 31 heavy (non-hydrogen) atoms. The second kappa shape index (κ2) is 6.83. The summed E-state index contributed by atoms with van der Waals surface area (Å²) < 4.78 is 13.1. The number of hydrogen-bond donors (Lipinski definition) is 0. The van der Waals surface area contributed by atoms with Crippen LogP contribution < -0.4 is 0 Å². The van der Waals surface area contributed by atoms with Crippen molar-refractivity contribution in [3.05, 3.63) is 96.3 Å². The lowest BCUT2D eigenvalue weighted by atomic mass is 9.87. The van der Waals surface area contributed by atoms with Crippen molar-refractivity contribution in [2.24, 2.45) is 11.3 Å². The van der Waals surface area contributed by atoms with Crippen LogP contribution >= 0.6 is 0 Å². The molecule has 0 radical (unpaired) electrons. The third kappa shape index (κ3) is 3.04. The van der Waals surface area contributed by atoms with Crippen LogP contribution in [0.5, 0.6) is 0 Å². The number of fused-ring (bicyclic) bond motifs is 2. The van der Waals surface area contributed by atoms with Crippen LogP contribution in [0.4, 0.5) is 0 Å². The number of ether oxygens (including phenoxy) is 1. The Bertz CT molecular complexity index is 1240. The van der Waals surface area contributed by atoms with Crippen LogP contribution in [0.15, 0.2) is 89.3 Å². The molecule has 0 N–H and O–H groups in total. The Labute approximate surface area is 183 Å². The van der Waals surface area contributed by atoms with Crippen LogP contribution in [0.2, 0.25) is 0 Å². The van der Waals surface area contributed by atoms with Gasteiger partial charge >= 0.3 is 0 Å². The Morgan fingerprint density at radius 1 is 0.839 bits per heavy atom. The molecule has 2 aliphatic rings. The summed E-state index contributed by atoms with van der Waals surface area (Å²) in [5.41, 5.74) is 2.67. The normalized spacial score (nSPS) is 26.1. The van der Waals surface area contributed by atoms with Gasteiger partial charge in [-0.1, -0.05) is 80.6 Å².